The molecule has 0 radical (unpaired) electrons. The number of hydrogen-bond acceptors (Lipinski definition) is 4. The van der Waals surface area contributed by atoms with Crippen molar-refractivity contribution in [1.29, 1.82) is 0 Å². The SMILES string of the molecule is COCCCCCNC(C)c1cscn1. The lowest BCUT2D eigenvalue weighted by Crippen LogP contribution is -2.20. The van der Waals surface area contributed by atoms with Crippen LogP contribution in [0.15, 0.2) is 10.9 Å². The zero-order valence-electron chi connectivity index (χ0n) is 9.53. The topological polar surface area (TPSA) is 34.1 Å². The Morgan fingerprint density at radius 1 is 1.47 bits per heavy atom. The first-order valence-electron chi connectivity index (χ1n) is 5.45. The van der Waals surface area contributed by atoms with Gasteiger partial charge in [0.1, 0.15) is 0 Å². The van der Waals surface area contributed by atoms with Crippen molar-refractivity contribution < 1.29 is 4.74 Å². The van der Waals surface area contributed by atoms with Gasteiger partial charge < -0.3 is 10.1 Å². The Morgan fingerprint density at radius 2 is 2.33 bits per heavy atom. The zero-order valence-corrected chi connectivity index (χ0v) is 10.3. The molecule has 0 aliphatic rings. The molecule has 1 rings (SSSR count). The summed E-state index contributed by atoms with van der Waals surface area (Å²) in [7, 11) is 1.75. The smallest absolute Gasteiger partial charge is 0.0795 e. The van der Waals surface area contributed by atoms with Gasteiger partial charge in [0.05, 0.1) is 11.2 Å². The van der Waals surface area contributed by atoms with Crippen LogP contribution in [0.4, 0.5) is 0 Å². The van der Waals surface area contributed by atoms with Gasteiger partial charge in [-0.3, -0.25) is 0 Å². The maximum absolute atomic E-state index is 5.00. The number of aromatic nitrogens is 1. The van der Waals surface area contributed by atoms with Crippen LogP contribution in [0.2, 0.25) is 0 Å². The van der Waals surface area contributed by atoms with Gasteiger partial charge in [-0.05, 0) is 32.7 Å². The molecule has 0 amide bonds. The first kappa shape index (κ1) is 12.6. The van der Waals surface area contributed by atoms with Crippen molar-refractivity contribution in [3.05, 3.63) is 16.6 Å². The number of nitrogens with one attached hydrogen (secondary N) is 1. The summed E-state index contributed by atoms with van der Waals surface area (Å²) in [5.41, 5.74) is 3.03. The Balaban J connectivity index is 2.00. The molecule has 0 aliphatic heterocycles. The average Bonchev–Trinajstić information content (AvgIpc) is 2.76. The molecule has 0 spiro atoms. The lowest BCUT2D eigenvalue weighted by Gasteiger charge is -2.10. The highest BCUT2D eigenvalue weighted by molar-refractivity contribution is 7.07. The summed E-state index contributed by atoms with van der Waals surface area (Å²) < 4.78 is 5.00. The number of thiazole rings is 1. The lowest BCUT2D eigenvalue weighted by atomic mass is 10.2. The molecular weight excluding hydrogens is 208 g/mol. The summed E-state index contributed by atoms with van der Waals surface area (Å²) in [4.78, 5) is 4.28. The normalized spacial score (nSPS) is 12.9. The number of hydrogen-bond donors (Lipinski definition) is 1. The highest BCUT2D eigenvalue weighted by atomic mass is 32.1. The van der Waals surface area contributed by atoms with Crippen molar-refractivity contribution in [3.63, 3.8) is 0 Å². The van der Waals surface area contributed by atoms with Crippen LogP contribution in [0.5, 0.6) is 0 Å². The van der Waals surface area contributed by atoms with E-state index in [-0.39, 0.29) is 0 Å². The minimum absolute atomic E-state index is 0.374. The summed E-state index contributed by atoms with van der Waals surface area (Å²) in [6.45, 7) is 4.09. The van der Waals surface area contributed by atoms with Crippen molar-refractivity contribution in [3.8, 4) is 0 Å². The second kappa shape index (κ2) is 7.79. The summed E-state index contributed by atoms with van der Waals surface area (Å²) >= 11 is 1.65. The third kappa shape index (κ3) is 5.25. The molecule has 15 heavy (non-hydrogen) atoms. The van der Waals surface area contributed by atoms with Crippen LogP contribution in [-0.2, 0) is 4.74 Å². The quantitative estimate of drug-likeness (QED) is 0.694. The van der Waals surface area contributed by atoms with Gasteiger partial charge >= 0.3 is 0 Å². The first-order valence-corrected chi connectivity index (χ1v) is 6.39. The predicted molar refractivity (Wildman–Crippen MR) is 64.3 cm³/mol. The Hall–Kier alpha value is -0.450. The molecule has 4 heteroatoms. The van der Waals surface area contributed by atoms with Crippen LogP contribution < -0.4 is 5.32 Å². The molecule has 0 aliphatic carbocycles. The Bertz CT molecular complexity index is 239. The molecule has 0 fully saturated rings. The molecule has 0 bridgehead atoms. The predicted octanol–water partition coefficient (Wildman–Crippen LogP) is 2.61. The highest BCUT2D eigenvalue weighted by Crippen LogP contribution is 2.11. The molecule has 1 unspecified atom stereocenters. The van der Waals surface area contributed by atoms with E-state index in [0.717, 1.165) is 25.3 Å². The fourth-order valence-corrected chi connectivity index (χ4v) is 2.05. The lowest BCUT2D eigenvalue weighted by molar-refractivity contribution is 0.192. The maximum atomic E-state index is 5.00. The van der Waals surface area contributed by atoms with E-state index in [1.54, 1.807) is 18.4 Å². The molecular formula is C11H20N2OS. The molecule has 1 N–H and O–H groups in total. The van der Waals surface area contributed by atoms with E-state index in [2.05, 4.69) is 22.6 Å². The molecule has 86 valence electrons. The van der Waals surface area contributed by atoms with E-state index < -0.39 is 0 Å². The number of methoxy groups -OCH3 is 1. The van der Waals surface area contributed by atoms with Crippen LogP contribution in [0, 0.1) is 0 Å². The van der Waals surface area contributed by atoms with Gasteiger partial charge in [-0.1, -0.05) is 0 Å². The van der Waals surface area contributed by atoms with Crippen molar-refractivity contribution in [2.45, 2.75) is 32.2 Å². The fourth-order valence-electron chi connectivity index (χ4n) is 1.41. The number of nitrogens with zero attached hydrogens (tertiary/aromatic N) is 1. The summed E-state index contributed by atoms with van der Waals surface area (Å²) in [6.07, 6.45) is 3.59. The zero-order chi connectivity index (χ0) is 10.9. The average molecular weight is 228 g/mol. The van der Waals surface area contributed by atoms with Crippen molar-refractivity contribution in [2.24, 2.45) is 0 Å². The second-order valence-corrected chi connectivity index (χ2v) is 4.36. The summed E-state index contributed by atoms with van der Waals surface area (Å²) in [5, 5.41) is 5.57. The molecule has 1 heterocycles. The van der Waals surface area contributed by atoms with Crippen LogP contribution in [0.25, 0.3) is 0 Å². The van der Waals surface area contributed by atoms with E-state index in [1.165, 1.54) is 12.8 Å². The third-order valence-corrected chi connectivity index (χ3v) is 2.98. The van der Waals surface area contributed by atoms with E-state index in [4.69, 9.17) is 4.74 Å². The highest BCUT2D eigenvalue weighted by Gasteiger charge is 2.04. The maximum Gasteiger partial charge on any atom is 0.0795 e. The van der Waals surface area contributed by atoms with Crippen LogP contribution in [-0.4, -0.2) is 25.2 Å². The van der Waals surface area contributed by atoms with Gasteiger partial charge in [-0.15, -0.1) is 11.3 Å². The van der Waals surface area contributed by atoms with Gasteiger partial charge in [-0.2, -0.15) is 0 Å². The van der Waals surface area contributed by atoms with Crippen molar-refractivity contribution >= 4 is 11.3 Å². The van der Waals surface area contributed by atoms with Crippen LogP contribution in [0.3, 0.4) is 0 Å². The van der Waals surface area contributed by atoms with Crippen molar-refractivity contribution in [1.82, 2.24) is 10.3 Å². The van der Waals surface area contributed by atoms with Crippen LogP contribution in [0.1, 0.15) is 37.9 Å². The molecule has 0 saturated heterocycles. The Morgan fingerprint density at radius 3 is 3.00 bits per heavy atom. The number of rotatable bonds is 8. The molecule has 3 nitrogen and oxygen atoms in total. The third-order valence-electron chi connectivity index (χ3n) is 2.37. The summed E-state index contributed by atoms with van der Waals surface area (Å²) in [6, 6.07) is 0.374. The fraction of sp³-hybridized carbons (Fsp3) is 0.727. The molecule has 1 atom stereocenters. The number of ether oxygens (including phenoxy) is 1. The summed E-state index contributed by atoms with van der Waals surface area (Å²) in [5.74, 6) is 0. The monoisotopic (exact) mass is 228 g/mol. The largest absolute Gasteiger partial charge is 0.385 e. The first-order chi connectivity index (χ1) is 7.34. The van der Waals surface area contributed by atoms with Gasteiger partial charge in [0.25, 0.3) is 0 Å². The minimum atomic E-state index is 0.374. The van der Waals surface area contributed by atoms with Gasteiger partial charge in [0, 0.05) is 25.1 Å². The Labute approximate surface area is 95.9 Å². The minimum Gasteiger partial charge on any atom is -0.385 e. The molecule has 0 aromatic carbocycles. The second-order valence-electron chi connectivity index (χ2n) is 3.64. The molecule has 1 aromatic rings. The standard InChI is InChI=1S/C11H20N2OS/c1-10(11-8-15-9-13-11)12-6-4-3-5-7-14-2/h8-10,12H,3-7H2,1-2H3. The van der Waals surface area contributed by atoms with Crippen LogP contribution >= 0.6 is 11.3 Å². The molecule has 1 aromatic heterocycles. The Kier molecular flexibility index (Phi) is 6.55. The van der Waals surface area contributed by atoms with E-state index in [1.807, 2.05) is 5.51 Å². The van der Waals surface area contributed by atoms with E-state index in [9.17, 15) is 0 Å². The van der Waals surface area contributed by atoms with Crippen molar-refractivity contribution in [2.75, 3.05) is 20.3 Å². The molecule has 0 saturated carbocycles. The van der Waals surface area contributed by atoms with Gasteiger partial charge in [0.15, 0.2) is 0 Å². The van der Waals surface area contributed by atoms with E-state index in [0.29, 0.717) is 6.04 Å². The van der Waals surface area contributed by atoms with Gasteiger partial charge in [0.2, 0.25) is 0 Å². The van der Waals surface area contributed by atoms with Gasteiger partial charge in [-0.25, -0.2) is 4.98 Å². The van der Waals surface area contributed by atoms with E-state index >= 15 is 0 Å². The number of unbranched alkanes of at least 4 members (excludes halogenated alkanes) is 2.